The Hall–Kier alpha value is -2.10. The first-order chi connectivity index (χ1) is 9.69. The molecule has 1 aromatic carbocycles. The lowest BCUT2D eigenvalue weighted by atomic mass is 9.89. The lowest BCUT2D eigenvalue weighted by Gasteiger charge is -2.18. The topological polar surface area (TPSA) is 59.4 Å². The predicted octanol–water partition coefficient (Wildman–Crippen LogP) is 3.31. The standard InChI is InChI=1S/C16H15NO3/c1-20-10-4-5-11-12(7-10)17-15-9-3-2-8(6-9)13(15)14(11)16(18)19/h4-5,7-9H,2-3,6H2,1H3,(H,18,19). The quantitative estimate of drug-likeness (QED) is 0.908. The molecule has 1 saturated carbocycles. The van der Waals surface area contributed by atoms with Crippen molar-refractivity contribution in [1.82, 2.24) is 4.98 Å². The monoisotopic (exact) mass is 269 g/mol. The van der Waals surface area contributed by atoms with Crippen molar-refractivity contribution in [2.45, 2.75) is 31.1 Å². The summed E-state index contributed by atoms with van der Waals surface area (Å²) < 4.78 is 5.22. The summed E-state index contributed by atoms with van der Waals surface area (Å²) in [7, 11) is 1.61. The lowest BCUT2D eigenvalue weighted by Crippen LogP contribution is -2.11. The molecule has 4 rings (SSSR count). The highest BCUT2D eigenvalue weighted by Gasteiger charge is 2.41. The highest BCUT2D eigenvalue weighted by atomic mass is 16.5. The normalized spacial score (nSPS) is 23.1. The number of hydrogen-bond donors (Lipinski definition) is 1. The van der Waals surface area contributed by atoms with Crippen molar-refractivity contribution in [3.05, 3.63) is 35.0 Å². The van der Waals surface area contributed by atoms with Gasteiger partial charge in [0.15, 0.2) is 0 Å². The molecule has 1 heterocycles. The molecule has 20 heavy (non-hydrogen) atoms. The number of pyridine rings is 1. The summed E-state index contributed by atoms with van der Waals surface area (Å²) in [5.41, 5.74) is 3.19. The molecule has 1 fully saturated rings. The van der Waals surface area contributed by atoms with Gasteiger partial charge in [0.1, 0.15) is 5.75 Å². The van der Waals surface area contributed by atoms with Gasteiger partial charge >= 0.3 is 5.97 Å². The van der Waals surface area contributed by atoms with E-state index >= 15 is 0 Å². The average molecular weight is 269 g/mol. The zero-order chi connectivity index (χ0) is 13.9. The van der Waals surface area contributed by atoms with Crippen LogP contribution in [0.15, 0.2) is 18.2 Å². The van der Waals surface area contributed by atoms with Crippen molar-refractivity contribution >= 4 is 16.9 Å². The van der Waals surface area contributed by atoms with E-state index in [-0.39, 0.29) is 0 Å². The van der Waals surface area contributed by atoms with Crippen LogP contribution in [-0.2, 0) is 0 Å². The summed E-state index contributed by atoms with van der Waals surface area (Å²) in [5.74, 6) is 0.708. The lowest BCUT2D eigenvalue weighted by molar-refractivity contribution is 0.0697. The molecule has 2 atom stereocenters. The van der Waals surface area contributed by atoms with Crippen LogP contribution in [0.5, 0.6) is 5.75 Å². The van der Waals surface area contributed by atoms with E-state index in [1.807, 2.05) is 12.1 Å². The van der Waals surface area contributed by atoms with Gasteiger partial charge in [-0.05, 0) is 42.9 Å². The summed E-state index contributed by atoms with van der Waals surface area (Å²) in [5, 5.41) is 10.4. The number of nitrogens with zero attached hydrogens (tertiary/aromatic N) is 1. The number of hydrogen-bond acceptors (Lipinski definition) is 3. The predicted molar refractivity (Wildman–Crippen MR) is 74.6 cm³/mol. The highest BCUT2D eigenvalue weighted by Crippen LogP contribution is 2.54. The molecular formula is C16H15NO3. The maximum absolute atomic E-state index is 11.7. The second-order valence-electron chi connectivity index (χ2n) is 5.68. The first kappa shape index (κ1) is 11.7. The number of fused-ring (bicyclic) bond motifs is 6. The van der Waals surface area contributed by atoms with Crippen molar-refractivity contribution < 1.29 is 14.6 Å². The van der Waals surface area contributed by atoms with Gasteiger partial charge in [-0.1, -0.05) is 0 Å². The van der Waals surface area contributed by atoms with Gasteiger partial charge in [0.05, 0.1) is 18.2 Å². The largest absolute Gasteiger partial charge is 0.497 e. The molecule has 2 unspecified atom stereocenters. The minimum absolute atomic E-state index is 0.389. The molecule has 1 aromatic heterocycles. The second-order valence-corrected chi connectivity index (χ2v) is 5.68. The Kier molecular flexibility index (Phi) is 2.31. The maximum Gasteiger partial charge on any atom is 0.336 e. The Bertz CT molecular complexity index is 738. The van der Waals surface area contributed by atoms with Gasteiger partial charge < -0.3 is 9.84 Å². The summed E-state index contributed by atoms with van der Waals surface area (Å²) in [4.78, 5) is 16.5. The molecule has 102 valence electrons. The van der Waals surface area contributed by atoms with Crippen LogP contribution in [0, 0.1) is 0 Å². The minimum atomic E-state index is -0.841. The van der Waals surface area contributed by atoms with E-state index in [1.165, 1.54) is 0 Å². The molecule has 4 heteroatoms. The first-order valence-corrected chi connectivity index (χ1v) is 6.94. The molecule has 2 aliphatic carbocycles. The Morgan fingerprint density at radius 2 is 2.15 bits per heavy atom. The molecule has 2 bridgehead atoms. The smallest absolute Gasteiger partial charge is 0.336 e. The van der Waals surface area contributed by atoms with E-state index in [1.54, 1.807) is 13.2 Å². The van der Waals surface area contributed by atoms with Gasteiger partial charge in [0, 0.05) is 23.1 Å². The SMILES string of the molecule is COc1ccc2c(C(=O)O)c3c(nc2c1)C1CCC3C1. The number of methoxy groups -OCH3 is 1. The number of carboxylic acid groups (broad SMARTS) is 1. The fourth-order valence-corrected chi connectivity index (χ4v) is 3.85. The highest BCUT2D eigenvalue weighted by molar-refractivity contribution is 6.05. The molecule has 0 spiro atoms. The van der Waals surface area contributed by atoms with Gasteiger partial charge in [-0.25, -0.2) is 4.79 Å². The van der Waals surface area contributed by atoms with Crippen LogP contribution in [-0.4, -0.2) is 23.2 Å². The van der Waals surface area contributed by atoms with Gasteiger partial charge in [-0.15, -0.1) is 0 Å². The molecule has 0 radical (unpaired) electrons. The van der Waals surface area contributed by atoms with Gasteiger partial charge in [-0.3, -0.25) is 4.98 Å². The van der Waals surface area contributed by atoms with Crippen LogP contribution in [0.2, 0.25) is 0 Å². The Morgan fingerprint density at radius 3 is 2.90 bits per heavy atom. The second kappa shape index (κ2) is 3.95. The van der Waals surface area contributed by atoms with Gasteiger partial charge in [-0.2, -0.15) is 0 Å². The number of aromatic carboxylic acids is 1. The van der Waals surface area contributed by atoms with Gasteiger partial charge in [0.2, 0.25) is 0 Å². The fraction of sp³-hybridized carbons (Fsp3) is 0.375. The Balaban J connectivity index is 2.08. The zero-order valence-electron chi connectivity index (χ0n) is 11.2. The van der Waals surface area contributed by atoms with Crippen LogP contribution in [0.3, 0.4) is 0 Å². The van der Waals surface area contributed by atoms with Crippen LogP contribution in [0.1, 0.15) is 52.7 Å². The summed E-state index contributed by atoms with van der Waals surface area (Å²) in [6, 6.07) is 5.45. The summed E-state index contributed by atoms with van der Waals surface area (Å²) in [6.45, 7) is 0. The van der Waals surface area contributed by atoms with Crippen molar-refractivity contribution in [2.24, 2.45) is 0 Å². The van der Waals surface area contributed by atoms with E-state index in [0.29, 0.717) is 23.1 Å². The number of rotatable bonds is 2. The molecule has 0 saturated heterocycles. The van der Waals surface area contributed by atoms with Gasteiger partial charge in [0.25, 0.3) is 0 Å². The first-order valence-electron chi connectivity index (χ1n) is 6.94. The Morgan fingerprint density at radius 1 is 1.35 bits per heavy atom. The van der Waals surface area contributed by atoms with E-state index in [0.717, 1.165) is 41.4 Å². The van der Waals surface area contributed by atoms with Crippen molar-refractivity contribution in [3.8, 4) is 5.75 Å². The van der Waals surface area contributed by atoms with Crippen LogP contribution >= 0.6 is 0 Å². The number of carbonyl (C=O) groups is 1. The van der Waals surface area contributed by atoms with E-state index in [9.17, 15) is 9.90 Å². The zero-order valence-corrected chi connectivity index (χ0v) is 11.2. The number of benzene rings is 1. The third-order valence-electron chi connectivity index (χ3n) is 4.70. The van der Waals surface area contributed by atoms with Crippen LogP contribution in [0.25, 0.3) is 10.9 Å². The summed E-state index contributed by atoms with van der Waals surface area (Å²) >= 11 is 0. The molecule has 4 nitrogen and oxygen atoms in total. The molecule has 2 aliphatic rings. The van der Waals surface area contributed by atoms with Crippen LogP contribution in [0.4, 0.5) is 0 Å². The molecule has 1 N–H and O–H groups in total. The van der Waals surface area contributed by atoms with Crippen molar-refractivity contribution in [3.63, 3.8) is 0 Å². The fourth-order valence-electron chi connectivity index (χ4n) is 3.85. The molecule has 2 aromatic rings. The molecule has 0 aliphatic heterocycles. The van der Waals surface area contributed by atoms with E-state index in [2.05, 4.69) is 0 Å². The van der Waals surface area contributed by atoms with E-state index in [4.69, 9.17) is 9.72 Å². The average Bonchev–Trinajstić information content (AvgIpc) is 3.05. The molecule has 0 amide bonds. The van der Waals surface area contributed by atoms with Crippen molar-refractivity contribution in [2.75, 3.05) is 7.11 Å². The van der Waals surface area contributed by atoms with E-state index < -0.39 is 5.97 Å². The minimum Gasteiger partial charge on any atom is -0.497 e. The maximum atomic E-state index is 11.7. The third kappa shape index (κ3) is 1.42. The number of aromatic nitrogens is 1. The number of carboxylic acids is 1. The Labute approximate surface area is 116 Å². The summed E-state index contributed by atoms with van der Waals surface area (Å²) in [6.07, 6.45) is 3.30. The van der Waals surface area contributed by atoms with Crippen molar-refractivity contribution in [1.29, 1.82) is 0 Å². The van der Waals surface area contributed by atoms with Crippen LogP contribution < -0.4 is 4.74 Å². The number of ether oxygens (including phenoxy) is 1. The molecular weight excluding hydrogens is 254 g/mol. The third-order valence-corrected chi connectivity index (χ3v) is 4.70.